The van der Waals surface area contributed by atoms with Gasteiger partial charge in [0.05, 0.1) is 0 Å². The minimum absolute atomic E-state index is 0.644. The first-order chi connectivity index (χ1) is 8.74. The van der Waals surface area contributed by atoms with Crippen LogP contribution in [0.5, 0.6) is 0 Å². The number of aryl methyl sites for hydroxylation is 2. The van der Waals surface area contributed by atoms with E-state index >= 15 is 0 Å². The molecule has 0 radical (unpaired) electrons. The predicted octanol–water partition coefficient (Wildman–Crippen LogP) is 2.75. The smallest absolute Gasteiger partial charge is 0.0428 e. The maximum absolute atomic E-state index is 3.44. The molecule has 3 rings (SSSR count). The topological polar surface area (TPSA) is 15.3 Å². The first-order valence-corrected chi connectivity index (χ1v) is 7.28. The van der Waals surface area contributed by atoms with Gasteiger partial charge in [0.1, 0.15) is 0 Å². The number of hydrogen-bond donors (Lipinski definition) is 1. The average molecular weight is 244 g/mol. The highest BCUT2D eigenvalue weighted by Gasteiger charge is 2.39. The van der Waals surface area contributed by atoms with Crippen molar-refractivity contribution >= 4 is 5.69 Å². The van der Waals surface area contributed by atoms with Gasteiger partial charge in [-0.3, -0.25) is 0 Å². The summed E-state index contributed by atoms with van der Waals surface area (Å²) in [7, 11) is 0. The fourth-order valence-electron chi connectivity index (χ4n) is 3.49. The molecular weight excluding hydrogens is 220 g/mol. The Kier molecular flexibility index (Phi) is 3.06. The second-order valence-electron chi connectivity index (χ2n) is 6.03. The standard InChI is InChI=1S/C16H24N2/c1-3-14-6-4-5-13(2)15(14)18-9-7-16(8-10-18)11-17-12-16/h4-6,17H,3,7-12H2,1-2H3. The summed E-state index contributed by atoms with van der Waals surface area (Å²) in [5.74, 6) is 0. The highest BCUT2D eigenvalue weighted by molar-refractivity contribution is 5.59. The summed E-state index contributed by atoms with van der Waals surface area (Å²) in [6.07, 6.45) is 3.86. The number of benzene rings is 1. The lowest BCUT2D eigenvalue weighted by atomic mass is 9.73. The van der Waals surface area contributed by atoms with Crippen molar-refractivity contribution in [3.05, 3.63) is 29.3 Å². The second kappa shape index (κ2) is 4.58. The van der Waals surface area contributed by atoms with Gasteiger partial charge in [0, 0.05) is 31.9 Å². The number of anilines is 1. The normalized spacial score (nSPS) is 22.0. The third-order valence-corrected chi connectivity index (χ3v) is 4.84. The van der Waals surface area contributed by atoms with Gasteiger partial charge in [-0.15, -0.1) is 0 Å². The summed E-state index contributed by atoms with van der Waals surface area (Å²) in [4.78, 5) is 2.62. The van der Waals surface area contributed by atoms with E-state index in [2.05, 4.69) is 42.3 Å². The maximum atomic E-state index is 3.44. The van der Waals surface area contributed by atoms with Gasteiger partial charge in [-0.2, -0.15) is 0 Å². The Morgan fingerprint density at radius 3 is 2.50 bits per heavy atom. The molecule has 1 aromatic carbocycles. The van der Waals surface area contributed by atoms with Gasteiger partial charge in [-0.1, -0.05) is 25.1 Å². The molecule has 2 aliphatic heterocycles. The van der Waals surface area contributed by atoms with Gasteiger partial charge in [0.15, 0.2) is 0 Å². The summed E-state index contributed by atoms with van der Waals surface area (Å²) in [5, 5.41) is 3.44. The zero-order chi connectivity index (χ0) is 12.6. The quantitative estimate of drug-likeness (QED) is 0.860. The van der Waals surface area contributed by atoms with E-state index in [1.165, 1.54) is 55.8 Å². The van der Waals surface area contributed by atoms with Crippen LogP contribution in [0.2, 0.25) is 0 Å². The molecule has 0 unspecified atom stereocenters. The van der Waals surface area contributed by atoms with Gasteiger partial charge >= 0.3 is 0 Å². The van der Waals surface area contributed by atoms with Gasteiger partial charge in [0.25, 0.3) is 0 Å². The van der Waals surface area contributed by atoms with Crippen molar-refractivity contribution < 1.29 is 0 Å². The van der Waals surface area contributed by atoms with Crippen LogP contribution in [-0.4, -0.2) is 26.2 Å². The lowest BCUT2D eigenvalue weighted by Gasteiger charge is -2.49. The van der Waals surface area contributed by atoms with Gasteiger partial charge < -0.3 is 10.2 Å². The first-order valence-electron chi connectivity index (χ1n) is 7.28. The van der Waals surface area contributed by atoms with Gasteiger partial charge in [-0.25, -0.2) is 0 Å². The summed E-state index contributed by atoms with van der Waals surface area (Å²) < 4.78 is 0. The van der Waals surface area contributed by atoms with E-state index in [9.17, 15) is 0 Å². The van der Waals surface area contributed by atoms with Crippen molar-refractivity contribution in [3.63, 3.8) is 0 Å². The zero-order valence-electron chi connectivity index (χ0n) is 11.6. The summed E-state index contributed by atoms with van der Waals surface area (Å²) in [5.41, 5.74) is 5.11. The predicted molar refractivity (Wildman–Crippen MR) is 77.3 cm³/mol. The molecule has 0 aromatic heterocycles. The monoisotopic (exact) mass is 244 g/mol. The van der Waals surface area contributed by atoms with Crippen molar-refractivity contribution in [1.29, 1.82) is 0 Å². The second-order valence-corrected chi connectivity index (χ2v) is 6.03. The minimum atomic E-state index is 0.644. The molecule has 18 heavy (non-hydrogen) atoms. The van der Waals surface area contributed by atoms with Crippen LogP contribution in [0.3, 0.4) is 0 Å². The molecule has 2 fully saturated rings. The van der Waals surface area contributed by atoms with Gasteiger partial charge in [0.2, 0.25) is 0 Å². The van der Waals surface area contributed by atoms with Crippen molar-refractivity contribution in [2.24, 2.45) is 5.41 Å². The Balaban J connectivity index is 1.79. The molecule has 2 saturated heterocycles. The van der Waals surface area contributed by atoms with E-state index in [4.69, 9.17) is 0 Å². The van der Waals surface area contributed by atoms with Crippen LogP contribution in [0.4, 0.5) is 5.69 Å². The molecule has 2 nitrogen and oxygen atoms in total. The van der Waals surface area contributed by atoms with E-state index in [1.54, 1.807) is 0 Å². The Labute approximate surface area is 110 Å². The summed E-state index contributed by atoms with van der Waals surface area (Å²) in [6, 6.07) is 6.74. The largest absolute Gasteiger partial charge is 0.371 e. The zero-order valence-corrected chi connectivity index (χ0v) is 11.6. The molecule has 0 bridgehead atoms. The first kappa shape index (κ1) is 12.0. The van der Waals surface area contributed by atoms with Crippen LogP contribution in [0.1, 0.15) is 30.9 Å². The van der Waals surface area contributed by atoms with Crippen LogP contribution in [0.25, 0.3) is 0 Å². The summed E-state index contributed by atoms with van der Waals surface area (Å²) >= 11 is 0. The number of para-hydroxylation sites is 1. The Hall–Kier alpha value is -1.02. The van der Waals surface area contributed by atoms with Crippen LogP contribution < -0.4 is 10.2 Å². The van der Waals surface area contributed by atoms with Crippen molar-refractivity contribution in [1.82, 2.24) is 5.32 Å². The molecule has 2 heteroatoms. The van der Waals surface area contributed by atoms with E-state index < -0.39 is 0 Å². The van der Waals surface area contributed by atoms with Crippen LogP contribution >= 0.6 is 0 Å². The Morgan fingerprint density at radius 1 is 1.22 bits per heavy atom. The molecule has 0 aliphatic carbocycles. The number of nitrogens with one attached hydrogen (secondary N) is 1. The number of rotatable bonds is 2. The molecule has 0 saturated carbocycles. The number of nitrogens with zero attached hydrogens (tertiary/aromatic N) is 1. The highest BCUT2D eigenvalue weighted by atomic mass is 15.2. The average Bonchev–Trinajstić information content (AvgIpc) is 2.37. The Morgan fingerprint density at radius 2 is 1.94 bits per heavy atom. The molecule has 2 aliphatic rings. The van der Waals surface area contributed by atoms with E-state index in [0.29, 0.717) is 5.41 Å². The fourth-order valence-corrected chi connectivity index (χ4v) is 3.49. The third kappa shape index (κ3) is 1.93. The van der Waals surface area contributed by atoms with Crippen LogP contribution in [0, 0.1) is 12.3 Å². The maximum Gasteiger partial charge on any atom is 0.0428 e. The Bertz CT molecular complexity index is 425. The fraction of sp³-hybridized carbons (Fsp3) is 0.625. The lowest BCUT2D eigenvalue weighted by Crippen LogP contribution is -2.58. The number of piperidine rings is 1. The van der Waals surface area contributed by atoms with Crippen molar-refractivity contribution in [2.45, 2.75) is 33.1 Å². The third-order valence-electron chi connectivity index (χ3n) is 4.84. The molecule has 0 amide bonds. The lowest BCUT2D eigenvalue weighted by molar-refractivity contribution is 0.126. The molecule has 98 valence electrons. The minimum Gasteiger partial charge on any atom is -0.371 e. The van der Waals surface area contributed by atoms with Crippen molar-refractivity contribution in [3.8, 4) is 0 Å². The summed E-state index contributed by atoms with van der Waals surface area (Å²) in [6.45, 7) is 9.48. The van der Waals surface area contributed by atoms with Crippen LogP contribution in [0.15, 0.2) is 18.2 Å². The van der Waals surface area contributed by atoms with E-state index in [-0.39, 0.29) is 0 Å². The molecule has 1 N–H and O–H groups in total. The van der Waals surface area contributed by atoms with E-state index in [1.807, 2.05) is 0 Å². The molecule has 1 spiro atoms. The number of hydrogen-bond acceptors (Lipinski definition) is 2. The van der Waals surface area contributed by atoms with E-state index in [0.717, 1.165) is 6.42 Å². The van der Waals surface area contributed by atoms with Crippen LogP contribution in [-0.2, 0) is 6.42 Å². The van der Waals surface area contributed by atoms with Gasteiger partial charge in [-0.05, 0) is 42.7 Å². The molecule has 1 aromatic rings. The molecule has 2 heterocycles. The molecule has 0 atom stereocenters. The SMILES string of the molecule is CCc1cccc(C)c1N1CCC2(CC1)CNC2. The molecular formula is C16H24N2. The van der Waals surface area contributed by atoms with Crippen molar-refractivity contribution in [2.75, 3.05) is 31.1 Å². The highest BCUT2D eigenvalue weighted by Crippen LogP contribution is 2.38.